The van der Waals surface area contributed by atoms with Gasteiger partial charge in [0.1, 0.15) is 11.8 Å². The average molecular weight is 287 g/mol. The fourth-order valence-corrected chi connectivity index (χ4v) is 2.40. The first kappa shape index (κ1) is 13.2. The number of carboxylic acids is 1. The van der Waals surface area contributed by atoms with Gasteiger partial charge in [-0.25, -0.2) is 14.6 Å². The quantitative estimate of drug-likeness (QED) is 0.766. The second-order valence-electron chi connectivity index (χ2n) is 4.79. The number of imidazole rings is 1. The summed E-state index contributed by atoms with van der Waals surface area (Å²) in [5.74, 6) is -0.108. The van der Waals surface area contributed by atoms with Crippen LogP contribution in [0.1, 0.15) is 35.0 Å². The van der Waals surface area contributed by atoms with Gasteiger partial charge in [-0.3, -0.25) is 4.57 Å². The second kappa shape index (κ2) is 4.62. The van der Waals surface area contributed by atoms with E-state index in [0.717, 1.165) is 0 Å². The predicted molar refractivity (Wildman–Crippen MR) is 74.6 cm³/mol. The van der Waals surface area contributed by atoms with Crippen LogP contribution in [0.25, 0.3) is 11.0 Å². The average Bonchev–Trinajstić information content (AvgIpc) is 3.00. The molecule has 0 amide bonds. The molecule has 1 atom stereocenters. The molecule has 1 unspecified atom stereocenters. The van der Waals surface area contributed by atoms with Crippen LogP contribution in [0.3, 0.4) is 0 Å². The molecule has 2 heterocycles. The van der Waals surface area contributed by atoms with Gasteiger partial charge in [0.05, 0.1) is 22.8 Å². The Hall–Kier alpha value is -2.83. The van der Waals surface area contributed by atoms with Crippen LogP contribution in [0.5, 0.6) is 0 Å². The molecule has 0 aliphatic heterocycles. The van der Waals surface area contributed by atoms with Crippen molar-refractivity contribution < 1.29 is 14.3 Å². The number of oxazole rings is 1. The molecule has 7 heteroatoms. The Morgan fingerprint density at radius 3 is 2.86 bits per heavy atom. The summed E-state index contributed by atoms with van der Waals surface area (Å²) in [7, 11) is 0. The van der Waals surface area contributed by atoms with Crippen molar-refractivity contribution in [3.8, 4) is 0 Å². The van der Waals surface area contributed by atoms with Crippen molar-refractivity contribution in [2.24, 2.45) is 0 Å². The van der Waals surface area contributed by atoms with E-state index in [0.29, 0.717) is 22.7 Å². The minimum atomic E-state index is -1.09. The van der Waals surface area contributed by atoms with Crippen molar-refractivity contribution in [1.29, 1.82) is 0 Å². The number of fused-ring (bicyclic) bond motifs is 1. The van der Waals surface area contributed by atoms with Gasteiger partial charge in [-0.1, -0.05) is 6.07 Å². The third kappa shape index (κ3) is 2.03. The van der Waals surface area contributed by atoms with E-state index in [1.54, 1.807) is 32.2 Å². The van der Waals surface area contributed by atoms with E-state index in [4.69, 9.17) is 4.42 Å². The number of para-hydroxylation sites is 1. The van der Waals surface area contributed by atoms with Crippen LogP contribution < -0.4 is 5.69 Å². The van der Waals surface area contributed by atoms with Crippen LogP contribution >= 0.6 is 0 Å². The molecule has 0 fully saturated rings. The molecular formula is C14H13N3O4. The van der Waals surface area contributed by atoms with Gasteiger partial charge < -0.3 is 14.5 Å². The summed E-state index contributed by atoms with van der Waals surface area (Å²) in [6.07, 6.45) is 1.56. The molecule has 21 heavy (non-hydrogen) atoms. The number of H-pyrrole nitrogens is 1. The number of nitrogens with zero attached hydrogens (tertiary/aromatic N) is 2. The van der Waals surface area contributed by atoms with Crippen molar-refractivity contribution in [3.05, 3.63) is 52.1 Å². The molecule has 0 spiro atoms. The lowest BCUT2D eigenvalue weighted by molar-refractivity contribution is 0.0698. The molecule has 3 rings (SSSR count). The number of rotatable bonds is 3. The maximum Gasteiger partial charge on any atom is 0.337 e. The summed E-state index contributed by atoms with van der Waals surface area (Å²) < 4.78 is 6.79. The van der Waals surface area contributed by atoms with Crippen molar-refractivity contribution in [2.75, 3.05) is 0 Å². The number of aryl methyl sites for hydroxylation is 1. The fraction of sp³-hybridized carbons (Fsp3) is 0.214. The Kier molecular flexibility index (Phi) is 2.90. The van der Waals surface area contributed by atoms with E-state index < -0.39 is 17.7 Å². The molecule has 0 saturated carbocycles. The summed E-state index contributed by atoms with van der Waals surface area (Å²) >= 11 is 0. The smallest absolute Gasteiger partial charge is 0.337 e. The van der Waals surface area contributed by atoms with Gasteiger partial charge in [-0.2, -0.15) is 0 Å². The SMILES string of the molecule is Cc1cnc(C(C)n2c(=O)[nH]c3cccc(C(=O)O)c32)o1. The molecule has 1 aromatic carbocycles. The number of nitrogens with one attached hydrogen (secondary N) is 1. The highest BCUT2D eigenvalue weighted by atomic mass is 16.4. The summed E-state index contributed by atoms with van der Waals surface area (Å²) in [5.41, 5.74) is 0.455. The highest BCUT2D eigenvalue weighted by Crippen LogP contribution is 2.23. The van der Waals surface area contributed by atoms with Crippen molar-refractivity contribution >= 4 is 17.0 Å². The van der Waals surface area contributed by atoms with E-state index in [1.165, 1.54) is 10.6 Å². The van der Waals surface area contributed by atoms with Gasteiger partial charge in [-0.05, 0) is 26.0 Å². The first-order valence-electron chi connectivity index (χ1n) is 6.38. The van der Waals surface area contributed by atoms with Crippen LogP contribution in [0.4, 0.5) is 0 Å². The molecule has 108 valence electrons. The van der Waals surface area contributed by atoms with E-state index in [-0.39, 0.29) is 5.56 Å². The second-order valence-corrected chi connectivity index (χ2v) is 4.79. The topological polar surface area (TPSA) is 101 Å². The third-order valence-corrected chi connectivity index (χ3v) is 3.35. The van der Waals surface area contributed by atoms with Crippen LogP contribution in [0.15, 0.2) is 33.6 Å². The van der Waals surface area contributed by atoms with Crippen molar-refractivity contribution in [3.63, 3.8) is 0 Å². The third-order valence-electron chi connectivity index (χ3n) is 3.35. The zero-order valence-corrected chi connectivity index (χ0v) is 11.5. The zero-order valence-electron chi connectivity index (χ0n) is 11.5. The molecule has 0 radical (unpaired) electrons. The van der Waals surface area contributed by atoms with E-state index in [1.807, 2.05) is 0 Å². The maximum atomic E-state index is 12.2. The molecular weight excluding hydrogens is 274 g/mol. The van der Waals surface area contributed by atoms with E-state index >= 15 is 0 Å². The Morgan fingerprint density at radius 2 is 2.24 bits per heavy atom. The van der Waals surface area contributed by atoms with Gasteiger partial charge in [-0.15, -0.1) is 0 Å². The lowest BCUT2D eigenvalue weighted by atomic mass is 10.1. The lowest BCUT2D eigenvalue weighted by Gasteiger charge is -2.11. The minimum absolute atomic E-state index is 0.0565. The largest absolute Gasteiger partial charge is 0.478 e. The molecule has 2 N–H and O–H groups in total. The number of aromatic amines is 1. The summed E-state index contributed by atoms with van der Waals surface area (Å²) in [4.78, 5) is 30.3. The number of hydrogen-bond acceptors (Lipinski definition) is 4. The highest BCUT2D eigenvalue weighted by Gasteiger charge is 2.22. The Bertz CT molecular complexity index is 887. The Labute approximate surface area is 118 Å². The Morgan fingerprint density at radius 1 is 1.48 bits per heavy atom. The number of carboxylic acid groups (broad SMARTS) is 1. The van der Waals surface area contributed by atoms with E-state index in [9.17, 15) is 14.7 Å². The first-order chi connectivity index (χ1) is 9.99. The van der Waals surface area contributed by atoms with Crippen molar-refractivity contribution in [1.82, 2.24) is 14.5 Å². The predicted octanol–water partition coefficient (Wildman–Crippen LogP) is 1.93. The molecule has 0 aliphatic rings. The number of benzene rings is 1. The van der Waals surface area contributed by atoms with Gasteiger partial charge in [0.15, 0.2) is 0 Å². The van der Waals surface area contributed by atoms with Crippen LogP contribution in [0, 0.1) is 6.92 Å². The van der Waals surface area contributed by atoms with Gasteiger partial charge >= 0.3 is 11.7 Å². The molecule has 7 nitrogen and oxygen atoms in total. The first-order valence-corrected chi connectivity index (χ1v) is 6.38. The summed E-state index contributed by atoms with van der Waals surface area (Å²) in [5, 5.41) is 9.30. The summed E-state index contributed by atoms with van der Waals surface area (Å²) in [6.45, 7) is 3.49. The number of hydrogen-bond donors (Lipinski definition) is 2. The zero-order chi connectivity index (χ0) is 15.1. The lowest BCUT2D eigenvalue weighted by Crippen LogP contribution is -2.22. The molecule has 0 bridgehead atoms. The van der Waals surface area contributed by atoms with Gasteiger partial charge in [0.25, 0.3) is 0 Å². The minimum Gasteiger partial charge on any atom is -0.478 e. The normalized spacial score (nSPS) is 12.7. The monoisotopic (exact) mass is 287 g/mol. The number of carbonyl (C=O) groups is 1. The van der Waals surface area contributed by atoms with Crippen LogP contribution in [-0.2, 0) is 0 Å². The molecule has 2 aromatic heterocycles. The number of aromatic carboxylic acids is 1. The fourth-order valence-electron chi connectivity index (χ4n) is 2.40. The highest BCUT2D eigenvalue weighted by molar-refractivity contribution is 6.01. The molecule has 0 aliphatic carbocycles. The van der Waals surface area contributed by atoms with Gasteiger partial charge in [0.2, 0.25) is 5.89 Å². The van der Waals surface area contributed by atoms with Gasteiger partial charge in [0, 0.05) is 0 Å². The molecule has 0 saturated heterocycles. The maximum absolute atomic E-state index is 12.2. The van der Waals surface area contributed by atoms with Crippen LogP contribution in [0.2, 0.25) is 0 Å². The molecule has 3 aromatic rings. The van der Waals surface area contributed by atoms with E-state index in [2.05, 4.69) is 9.97 Å². The van der Waals surface area contributed by atoms with Crippen molar-refractivity contribution in [2.45, 2.75) is 19.9 Å². The van der Waals surface area contributed by atoms with Crippen LogP contribution in [-0.4, -0.2) is 25.6 Å². The number of aromatic nitrogens is 3. The standard InChI is InChI=1S/C14H13N3O4/c1-7-6-15-12(21-7)8(2)17-11-9(13(18)19)4-3-5-10(11)16-14(17)20/h3-6,8H,1-2H3,(H,16,20)(H,18,19). The summed E-state index contributed by atoms with van der Waals surface area (Å²) in [6, 6.07) is 4.20. The Balaban J connectivity index is 2.29.